The highest BCUT2D eigenvalue weighted by Gasteiger charge is 2.33. The maximum atomic E-state index is 12.0. The van der Waals surface area contributed by atoms with E-state index in [0.29, 0.717) is 23.9 Å². The zero-order valence-corrected chi connectivity index (χ0v) is 15.0. The normalized spacial score (nSPS) is 22.5. The van der Waals surface area contributed by atoms with Crippen molar-refractivity contribution in [3.05, 3.63) is 22.4 Å². The van der Waals surface area contributed by atoms with Crippen molar-refractivity contribution in [2.24, 2.45) is 11.3 Å². The molecule has 0 saturated heterocycles. The lowest BCUT2D eigenvalue weighted by Crippen LogP contribution is -2.47. The van der Waals surface area contributed by atoms with E-state index in [1.54, 1.807) is 11.3 Å². The molecule has 2 rings (SSSR count). The summed E-state index contributed by atoms with van der Waals surface area (Å²) in [5, 5.41) is 8.61. The van der Waals surface area contributed by atoms with Crippen LogP contribution in [-0.2, 0) is 11.2 Å². The monoisotopic (exact) mass is 322 g/mol. The van der Waals surface area contributed by atoms with Crippen LogP contribution in [0.5, 0.6) is 0 Å². The third kappa shape index (κ3) is 5.40. The summed E-state index contributed by atoms with van der Waals surface area (Å²) >= 11 is 1.75. The predicted octanol–water partition coefficient (Wildman–Crippen LogP) is 3.60. The summed E-state index contributed by atoms with van der Waals surface area (Å²) in [5.41, 5.74) is 0.313. The van der Waals surface area contributed by atoms with Gasteiger partial charge >= 0.3 is 0 Å². The first-order valence-electron chi connectivity index (χ1n) is 8.49. The molecule has 1 aliphatic rings. The van der Waals surface area contributed by atoms with Crippen LogP contribution in [0, 0.1) is 11.3 Å². The number of amides is 1. The van der Waals surface area contributed by atoms with Crippen LogP contribution in [0.25, 0.3) is 0 Å². The Bertz CT molecular complexity index is 450. The van der Waals surface area contributed by atoms with Crippen LogP contribution in [0.2, 0.25) is 0 Å². The van der Waals surface area contributed by atoms with Crippen LogP contribution in [0.1, 0.15) is 51.3 Å². The highest BCUT2D eigenvalue weighted by Crippen LogP contribution is 2.37. The van der Waals surface area contributed by atoms with E-state index in [0.717, 1.165) is 13.0 Å². The molecule has 3 nitrogen and oxygen atoms in total. The van der Waals surface area contributed by atoms with Gasteiger partial charge in [0.1, 0.15) is 0 Å². The Balaban J connectivity index is 1.70. The van der Waals surface area contributed by atoms with Gasteiger partial charge in [0.2, 0.25) is 5.91 Å². The first-order valence-corrected chi connectivity index (χ1v) is 9.37. The van der Waals surface area contributed by atoms with Gasteiger partial charge in [-0.05, 0) is 42.0 Å². The molecule has 1 aromatic heterocycles. The molecule has 2 unspecified atom stereocenters. The van der Waals surface area contributed by atoms with Crippen LogP contribution >= 0.6 is 11.3 Å². The van der Waals surface area contributed by atoms with Gasteiger partial charge in [-0.25, -0.2) is 0 Å². The minimum absolute atomic E-state index is 0.120. The maximum Gasteiger partial charge on any atom is 0.233 e. The summed E-state index contributed by atoms with van der Waals surface area (Å²) in [6.07, 6.45) is 6.01. The number of carbonyl (C=O) groups is 1. The molecule has 22 heavy (non-hydrogen) atoms. The predicted molar refractivity (Wildman–Crippen MR) is 94.2 cm³/mol. The molecule has 0 aromatic carbocycles. The maximum absolute atomic E-state index is 12.0. The number of rotatable bonds is 6. The van der Waals surface area contributed by atoms with Crippen molar-refractivity contribution in [1.82, 2.24) is 10.6 Å². The van der Waals surface area contributed by atoms with Gasteiger partial charge in [-0.3, -0.25) is 4.79 Å². The van der Waals surface area contributed by atoms with Gasteiger partial charge in [0.05, 0.1) is 6.54 Å². The molecule has 1 heterocycles. The molecule has 1 aliphatic carbocycles. The van der Waals surface area contributed by atoms with Crippen LogP contribution in [0.3, 0.4) is 0 Å². The van der Waals surface area contributed by atoms with Gasteiger partial charge in [-0.15, -0.1) is 11.3 Å². The number of hydrogen-bond donors (Lipinski definition) is 2. The molecule has 1 aromatic rings. The average Bonchev–Trinajstić information content (AvgIpc) is 2.98. The van der Waals surface area contributed by atoms with E-state index in [2.05, 4.69) is 48.9 Å². The number of nitrogens with one attached hydrogen (secondary N) is 2. The lowest BCUT2D eigenvalue weighted by molar-refractivity contribution is -0.120. The Labute approximate surface area is 138 Å². The topological polar surface area (TPSA) is 41.1 Å². The SMILES string of the molecule is CC(C)(C)C1CCCCC1NCC(=O)NCCc1cccs1. The number of hydrogen-bond acceptors (Lipinski definition) is 3. The van der Waals surface area contributed by atoms with Crippen molar-refractivity contribution in [3.63, 3.8) is 0 Å². The Morgan fingerprint density at radius 3 is 2.77 bits per heavy atom. The summed E-state index contributed by atoms with van der Waals surface area (Å²) in [6, 6.07) is 4.65. The lowest BCUT2D eigenvalue weighted by atomic mass is 9.69. The molecule has 1 fully saturated rings. The second-order valence-corrected chi connectivity index (χ2v) is 8.46. The molecule has 0 spiro atoms. The average molecular weight is 323 g/mol. The Hall–Kier alpha value is -0.870. The Kier molecular flexibility index (Phi) is 6.45. The fraction of sp³-hybridized carbons (Fsp3) is 0.722. The fourth-order valence-electron chi connectivity index (χ4n) is 3.48. The van der Waals surface area contributed by atoms with E-state index in [4.69, 9.17) is 0 Å². The van der Waals surface area contributed by atoms with Gasteiger partial charge < -0.3 is 10.6 Å². The van der Waals surface area contributed by atoms with Crippen molar-refractivity contribution >= 4 is 17.2 Å². The van der Waals surface area contributed by atoms with Crippen molar-refractivity contribution in [2.75, 3.05) is 13.1 Å². The highest BCUT2D eigenvalue weighted by atomic mass is 32.1. The van der Waals surface area contributed by atoms with Gasteiger partial charge in [0.15, 0.2) is 0 Å². The number of thiophene rings is 1. The Morgan fingerprint density at radius 1 is 1.32 bits per heavy atom. The largest absolute Gasteiger partial charge is 0.355 e. The molecule has 2 N–H and O–H groups in total. The molecule has 2 atom stereocenters. The zero-order valence-electron chi connectivity index (χ0n) is 14.2. The van der Waals surface area contributed by atoms with Crippen molar-refractivity contribution in [1.29, 1.82) is 0 Å². The Morgan fingerprint density at radius 2 is 2.09 bits per heavy atom. The second kappa shape index (κ2) is 8.11. The van der Waals surface area contributed by atoms with E-state index < -0.39 is 0 Å². The third-order valence-electron chi connectivity index (χ3n) is 4.68. The third-order valence-corrected chi connectivity index (χ3v) is 5.61. The molecule has 0 aliphatic heterocycles. The van der Waals surface area contributed by atoms with E-state index in [-0.39, 0.29) is 5.91 Å². The van der Waals surface area contributed by atoms with E-state index >= 15 is 0 Å². The lowest BCUT2D eigenvalue weighted by Gasteiger charge is -2.40. The molecule has 0 radical (unpaired) electrons. The van der Waals surface area contributed by atoms with Crippen LogP contribution < -0.4 is 10.6 Å². The van der Waals surface area contributed by atoms with Crippen molar-refractivity contribution in [3.8, 4) is 0 Å². The number of carbonyl (C=O) groups excluding carboxylic acids is 1. The van der Waals surface area contributed by atoms with Crippen molar-refractivity contribution < 1.29 is 4.79 Å². The highest BCUT2D eigenvalue weighted by molar-refractivity contribution is 7.09. The molecule has 4 heteroatoms. The zero-order chi connectivity index (χ0) is 16.0. The van der Waals surface area contributed by atoms with E-state index in [1.807, 2.05) is 0 Å². The second-order valence-electron chi connectivity index (χ2n) is 7.42. The first-order chi connectivity index (χ1) is 10.5. The van der Waals surface area contributed by atoms with E-state index in [9.17, 15) is 4.79 Å². The molecule has 1 amide bonds. The van der Waals surface area contributed by atoms with Gasteiger partial charge in [-0.1, -0.05) is 39.7 Å². The molecular formula is C18H30N2OS. The van der Waals surface area contributed by atoms with Gasteiger partial charge in [-0.2, -0.15) is 0 Å². The molecule has 0 bridgehead atoms. The molecule has 1 saturated carbocycles. The van der Waals surface area contributed by atoms with Gasteiger partial charge in [0.25, 0.3) is 0 Å². The summed E-state index contributed by atoms with van der Waals surface area (Å²) in [6.45, 7) is 8.13. The van der Waals surface area contributed by atoms with Crippen LogP contribution in [-0.4, -0.2) is 25.0 Å². The summed E-state index contributed by atoms with van der Waals surface area (Å²) in [4.78, 5) is 13.3. The fourth-order valence-corrected chi connectivity index (χ4v) is 4.19. The summed E-state index contributed by atoms with van der Waals surface area (Å²) < 4.78 is 0. The van der Waals surface area contributed by atoms with Crippen LogP contribution in [0.4, 0.5) is 0 Å². The minimum atomic E-state index is 0.120. The summed E-state index contributed by atoms with van der Waals surface area (Å²) in [7, 11) is 0. The van der Waals surface area contributed by atoms with E-state index in [1.165, 1.54) is 30.6 Å². The van der Waals surface area contributed by atoms with Crippen molar-refractivity contribution in [2.45, 2.75) is 58.9 Å². The first kappa shape index (κ1) is 17.5. The quantitative estimate of drug-likeness (QED) is 0.840. The standard InChI is InChI=1S/C18H30N2OS/c1-18(2,3)15-8-4-5-9-16(15)20-13-17(21)19-11-10-14-7-6-12-22-14/h6-7,12,15-16,20H,4-5,8-11,13H2,1-3H3,(H,19,21). The summed E-state index contributed by atoms with van der Waals surface area (Å²) in [5.74, 6) is 0.787. The smallest absolute Gasteiger partial charge is 0.233 e. The molecular weight excluding hydrogens is 292 g/mol. The minimum Gasteiger partial charge on any atom is -0.355 e. The molecule has 124 valence electrons. The van der Waals surface area contributed by atoms with Gasteiger partial charge in [0, 0.05) is 17.5 Å². The van der Waals surface area contributed by atoms with Crippen LogP contribution in [0.15, 0.2) is 17.5 Å².